The number of aromatic nitrogens is 1. The zero-order valence-corrected chi connectivity index (χ0v) is 17.3. The van der Waals surface area contributed by atoms with Crippen molar-refractivity contribution >= 4 is 17.2 Å². The number of thiazole rings is 1. The van der Waals surface area contributed by atoms with Gasteiger partial charge in [-0.2, -0.15) is 0 Å². The Morgan fingerprint density at radius 3 is 2.59 bits per heavy atom. The number of aryl methyl sites for hydroxylation is 1. The second kappa shape index (κ2) is 7.72. The van der Waals surface area contributed by atoms with Crippen LogP contribution >= 0.6 is 11.3 Å². The first-order valence-corrected chi connectivity index (χ1v) is 10.9. The summed E-state index contributed by atoms with van der Waals surface area (Å²) in [5.74, 6) is 0.802. The molecule has 2 bridgehead atoms. The molecule has 4 rings (SSSR count). The molecule has 1 amide bonds. The molecule has 5 heteroatoms. The Morgan fingerprint density at radius 1 is 1.26 bits per heavy atom. The monoisotopic (exact) mass is 383 g/mol. The fourth-order valence-electron chi connectivity index (χ4n) is 4.62. The van der Waals surface area contributed by atoms with E-state index in [9.17, 15) is 4.79 Å². The number of benzene rings is 1. The molecule has 3 unspecified atom stereocenters. The first-order valence-electron chi connectivity index (χ1n) is 10.1. The number of nitrogens with one attached hydrogen (secondary N) is 1. The van der Waals surface area contributed by atoms with Crippen molar-refractivity contribution in [3.05, 3.63) is 40.9 Å². The molecule has 144 valence electrons. The summed E-state index contributed by atoms with van der Waals surface area (Å²) in [6, 6.07) is 11.6. The van der Waals surface area contributed by atoms with Gasteiger partial charge in [-0.1, -0.05) is 30.3 Å². The Bertz CT molecular complexity index is 791. The summed E-state index contributed by atoms with van der Waals surface area (Å²) in [6.45, 7) is 4.18. The van der Waals surface area contributed by atoms with E-state index in [4.69, 9.17) is 4.98 Å². The van der Waals surface area contributed by atoms with Gasteiger partial charge in [0.05, 0.1) is 16.6 Å². The van der Waals surface area contributed by atoms with Crippen LogP contribution in [0.4, 0.5) is 0 Å². The molecule has 3 heterocycles. The number of fused-ring (bicyclic) bond motifs is 2. The minimum Gasteiger partial charge on any atom is -0.338 e. The number of rotatable bonds is 5. The van der Waals surface area contributed by atoms with Crippen LogP contribution in [-0.2, 0) is 4.79 Å². The predicted molar refractivity (Wildman–Crippen MR) is 111 cm³/mol. The number of hydrogen-bond acceptors (Lipinski definition) is 4. The number of carbonyl (C=O) groups is 1. The molecule has 0 radical (unpaired) electrons. The first-order chi connectivity index (χ1) is 13.0. The molecule has 2 aliphatic heterocycles. The molecule has 0 saturated carbocycles. The number of carbonyl (C=O) groups excluding carboxylic acids is 1. The van der Waals surface area contributed by atoms with Gasteiger partial charge >= 0.3 is 0 Å². The van der Waals surface area contributed by atoms with Gasteiger partial charge in [-0.3, -0.25) is 4.79 Å². The third-order valence-corrected chi connectivity index (χ3v) is 7.62. The number of hydrogen-bond donors (Lipinski definition) is 1. The van der Waals surface area contributed by atoms with Crippen LogP contribution in [0.2, 0.25) is 0 Å². The minimum absolute atomic E-state index is 0.0610. The van der Waals surface area contributed by atoms with Gasteiger partial charge in [-0.25, -0.2) is 4.98 Å². The maximum absolute atomic E-state index is 12.9. The molecule has 2 aliphatic rings. The molecule has 1 N–H and O–H groups in total. The molecular weight excluding hydrogens is 354 g/mol. The molecule has 27 heavy (non-hydrogen) atoms. The van der Waals surface area contributed by atoms with E-state index in [1.54, 1.807) is 11.3 Å². The normalized spacial score (nSPS) is 25.4. The van der Waals surface area contributed by atoms with Crippen molar-refractivity contribution in [2.24, 2.45) is 5.92 Å². The van der Waals surface area contributed by atoms with Gasteiger partial charge in [-0.15, -0.1) is 11.3 Å². The summed E-state index contributed by atoms with van der Waals surface area (Å²) in [4.78, 5) is 20.8. The SMILES string of the molecule is Cc1nc(-c2ccccc2)sc1C(C)N(C)C(=O)CC1CC2CCC(C1)N2. The summed E-state index contributed by atoms with van der Waals surface area (Å²) < 4.78 is 0. The highest BCUT2D eigenvalue weighted by Gasteiger charge is 2.35. The molecule has 2 saturated heterocycles. The smallest absolute Gasteiger partial charge is 0.223 e. The Morgan fingerprint density at radius 2 is 1.93 bits per heavy atom. The molecule has 1 aromatic heterocycles. The van der Waals surface area contributed by atoms with Gasteiger partial charge < -0.3 is 10.2 Å². The highest BCUT2D eigenvalue weighted by molar-refractivity contribution is 7.15. The molecule has 4 nitrogen and oxygen atoms in total. The van der Waals surface area contributed by atoms with Crippen LogP contribution in [0.5, 0.6) is 0 Å². The van der Waals surface area contributed by atoms with Crippen LogP contribution < -0.4 is 5.32 Å². The number of piperidine rings is 1. The Labute approximate surface area is 166 Å². The van der Waals surface area contributed by atoms with Crippen molar-refractivity contribution in [2.45, 2.75) is 64.1 Å². The van der Waals surface area contributed by atoms with Crippen LogP contribution in [0.25, 0.3) is 10.6 Å². The van der Waals surface area contributed by atoms with Gasteiger partial charge in [0, 0.05) is 31.1 Å². The van der Waals surface area contributed by atoms with Crippen molar-refractivity contribution in [1.82, 2.24) is 15.2 Å². The summed E-state index contributed by atoms with van der Waals surface area (Å²) in [5.41, 5.74) is 2.18. The van der Waals surface area contributed by atoms with E-state index in [1.807, 2.05) is 30.1 Å². The molecular formula is C22H29N3OS. The Balaban J connectivity index is 1.43. The average molecular weight is 384 g/mol. The lowest BCUT2D eigenvalue weighted by molar-refractivity contribution is -0.133. The number of amides is 1. The minimum atomic E-state index is 0.0610. The zero-order valence-electron chi connectivity index (χ0n) is 16.4. The standard InChI is InChI=1S/C22H29N3OS/c1-14-21(27-22(23-14)17-7-5-4-6-8-17)15(2)25(3)20(26)13-16-11-18-9-10-19(12-16)24-18/h4-8,15-16,18-19,24H,9-13H2,1-3H3. The first kappa shape index (κ1) is 18.6. The van der Waals surface area contributed by atoms with Crippen LogP contribution in [0.15, 0.2) is 30.3 Å². The second-order valence-electron chi connectivity index (χ2n) is 8.19. The molecule has 2 fully saturated rings. The summed E-state index contributed by atoms with van der Waals surface area (Å²) in [6.07, 6.45) is 5.55. The van der Waals surface area contributed by atoms with Crippen molar-refractivity contribution in [1.29, 1.82) is 0 Å². The van der Waals surface area contributed by atoms with Crippen LogP contribution in [0, 0.1) is 12.8 Å². The van der Waals surface area contributed by atoms with E-state index in [0.717, 1.165) is 29.1 Å². The lowest BCUT2D eigenvalue weighted by Crippen LogP contribution is -2.40. The van der Waals surface area contributed by atoms with Gasteiger partial charge in [0.1, 0.15) is 5.01 Å². The van der Waals surface area contributed by atoms with E-state index in [1.165, 1.54) is 17.7 Å². The fourth-order valence-corrected chi connectivity index (χ4v) is 5.79. The van der Waals surface area contributed by atoms with E-state index in [0.29, 0.717) is 24.4 Å². The third kappa shape index (κ3) is 3.94. The molecule has 3 atom stereocenters. The highest BCUT2D eigenvalue weighted by Crippen LogP contribution is 2.36. The van der Waals surface area contributed by atoms with Crippen molar-refractivity contribution in [3.63, 3.8) is 0 Å². The van der Waals surface area contributed by atoms with Crippen molar-refractivity contribution in [3.8, 4) is 10.6 Å². The van der Waals surface area contributed by atoms with Crippen LogP contribution in [0.1, 0.15) is 55.6 Å². The third-order valence-electron chi connectivity index (χ3n) is 6.24. The van der Waals surface area contributed by atoms with E-state index >= 15 is 0 Å². The average Bonchev–Trinajstić information content (AvgIpc) is 3.23. The second-order valence-corrected chi connectivity index (χ2v) is 9.23. The molecule has 0 spiro atoms. The lowest BCUT2D eigenvalue weighted by atomic mass is 9.89. The van der Waals surface area contributed by atoms with E-state index in [-0.39, 0.29) is 11.9 Å². The van der Waals surface area contributed by atoms with E-state index in [2.05, 4.69) is 31.3 Å². The molecule has 1 aromatic carbocycles. The summed E-state index contributed by atoms with van der Waals surface area (Å²) >= 11 is 1.71. The molecule has 0 aliphatic carbocycles. The largest absolute Gasteiger partial charge is 0.338 e. The van der Waals surface area contributed by atoms with Gasteiger partial charge in [0.25, 0.3) is 0 Å². The van der Waals surface area contributed by atoms with E-state index < -0.39 is 0 Å². The maximum atomic E-state index is 12.9. The van der Waals surface area contributed by atoms with Gasteiger partial charge in [0.15, 0.2) is 0 Å². The Hall–Kier alpha value is -1.72. The van der Waals surface area contributed by atoms with Crippen LogP contribution in [-0.4, -0.2) is 34.9 Å². The van der Waals surface area contributed by atoms with Crippen molar-refractivity contribution in [2.75, 3.05) is 7.05 Å². The van der Waals surface area contributed by atoms with Crippen LogP contribution in [0.3, 0.4) is 0 Å². The lowest BCUT2D eigenvalue weighted by Gasteiger charge is -2.31. The maximum Gasteiger partial charge on any atom is 0.223 e. The molecule has 2 aromatic rings. The fraction of sp³-hybridized carbons (Fsp3) is 0.545. The predicted octanol–water partition coefficient (Wildman–Crippen LogP) is 4.56. The zero-order chi connectivity index (χ0) is 19.0. The topological polar surface area (TPSA) is 45.2 Å². The highest BCUT2D eigenvalue weighted by atomic mass is 32.1. The quantitative estimate of drug-likeness (QED) is 0.823. The number of nitrogens with zero attached hydrogens (tertiary/aromatic N) is 2. The van der Waals surface area contributed by atoms with Crippen molar-refractivity contribution < 1.29 is 4.79 Å². The summed E-state index contributed by atoms with van der Waals surface area (Å²) in [7, 11) is 1.95. The Kier molecular flexibility index (Phi) is 5.33. The summed E-state index contributed by atoms with van der Waals surface area (Å²) in [5, 5.41) is 4.70. The van der Waals surface area contributed by atoms with Gasteiger partial charge in [-0.05, 0) is 45.4 Å². The van der Waals surface area contributed by atoms with Gasteiger partial charge in [0.2, 0.25) is 5.91 Å².